The zero-order valence-electron chi connectivity index (χ0n) is 11.0. The molecule has 2 nitrogen and oxygen atoms in total. The summed E-state index contributed by atoms with van der Waals surface area (Å²) >= 11 is 0. The van der Waals surface area contributed by atoms with Crippen LogP contribution in [-0.4, -0.2) is 17.7 Å². The van der Waals surface area contributed by atoms with Crippen molar-refractivity contribution >= 4 is 0 Å². The number of aromatic hydroxyl groups is 1. The van der Waals surface area contributed by atoms with E-state index in [1.807, 2.05) is 12.1 Å². The Morgan fingerprint density at radius 3 is 2.21 bits per heavy atom. The van der Waals surface area contributed by atoms with Gasteiger partial charge in [-0.1, -0.05) is 36.4 Å². The number of hydrogen-bond donors (Lipinski definition) is 2. The third-order valence-corrected chi connectivity index (χ3v) is 3.83. The molecule has 0 amide bonds. The predicted molar refractivity (Wildman–Crippen MR) is 77.5 cm³/mol. The summed E-state index contributed by atoms with van der Waals surface area (Å²) in [4.78, 5) is 0. The Bertz CT molecular complexity index is 522. The van der Waals surface area contributed by atoms with E-state index in [0.717, 1.165) is 25.8 Å². The summed E-state index contributed by atoms with van der Waals surface area (Å²) in [5.74, 6) is 0.336. The van der Waals surface area contributed by atoms with Crippen LogP contribution in [0.25, 0.3) is 0 Å². The second kappa shape index (κ2) is 5.45. The fourth-order valence-electron chi connectivity index (χ4n) is 2.79. The van der Waals surface area contributed by atoms with Crippen molar-refractivity contribution in [2.24, 2.45) is 0 Å². The lowest BCUT2D eigenvalue weighted by atomic mass is 10.1. The maximum Gasteiger partial charge on any atom is 0.115 e. The van der Waals surface area contributed by atoms with Crippen molar-refractivity contribution in [1.29, 1.82) is 0 Å². The number of benzene rings is 2. The Balaban J connectivity index is 1.48. The second-order valence-corrected chi connectivity index (χ2v) is 5.24. The molecule has 0 saturated carbocycles. The first-order valence-corrected chi connectivity index (χ1v) is 6.89. The fraction of sp³-hybridized carbons (Fsp3) is 0.294. The van der Waals surface area contributed by atoms with Gasteiger partial charge in [-0.2, -0.15) is 0 Å². The van der Waals surface area contributed by atoms with Crippen molar-refractivity contribution < 1.29 is 5.11 Å². The number of phenolic OH excluding ortho intramolecular Hbond substituents is 1. The van der Waals surface area contributed by atoms with Crippen LogP contribution in [0.15, 0.2) is 48.5 Å². The summed E-state index contributed by atoms with van der Waals surface area (Å²) in [5, 5.41) is 12.9. The maximum atomic E-state index is 9.24. The highest BCUT2D eigenvalue weighted by atomic mass is 16.3. The summed E-state index contributed by atoms with van der Waals surface area (Å²) in [6, 6.07) is 16.8. The molecule has 0 fully saturated rings. The topological polar surface area (TPSA) is 32.3 Å². The molecule has 0 heterocycles. The number of hydrogen-bond acceptors (Lipinski definition) is 2. The van der Waals surface area contributed by atoms with Crippen LogP contribution in [0.4, 0.5) is 0 Å². The van der Waals surface area contributed by atoms with E-state index in [1.165, 1.54) is 16.7 Å². The van der Waals surface area contributed by atoms with Gasteiger partial charge in [0, 0.05) is 6.04 Å². The summed E-state index contributed by atoms with van der Waals surface area (Å²) in [7, 11) is 0. The summed E-state index contributed by atoms with van der Waals surface area (Å²) in [6.45, 7) is 0.990. The first-order valence-electron chi connectivity index (χ1n) is 6.89. The first kappa shape index (κ1) is 12.2. The van der Waals surface area contributed by atoms with Gasteiger partial charge in [0.2, 0.25) is 0 Å². The van der Waals surface area contributed by atoms with Gasteiger partial charge < -0.3 is 10.4 Å². The van der Waals surface area contributed by atoms with Crippen molar-refractivity contribution in [2.75, 3.05) is 6.54 Å². The maximum absolute atomic E-state index is 9.24. The predicted octanol–water partition coefficient (Wildman–Crippen LogP) is 2.69. The Kier molecular flexibility index (Phi) is 3.51. The lowest BCUT2D eigenvalue weighted by Gasteiger charge is -2.11. The monoisotopic (exact) mass is 253 g/mol. The summed E-state index contributed by atoms with van der Waals surface area (Å²) in [6.07, 6.45) is 3.30. The quantitative estimate of drug-likeness (QED) is 0.878. The van der Waals surface area contributed by atoms with E-state index < -0.39 is 0 Å². The van der Waals surface area contributed by atoms with Gasteiger partial charge >= 0.3 is 0 Å². The molecule has 2 N–H and O–H groups in total. The van der Waals surface area contributed by atoms with Gasteiger partial charge in [0.1, 0.15) is 5.75 Å². The minimum atomic E-state index is 0.336. The molecule has 2 aromatic carbocycles. The molecule has 1 aliphatic carbocycles. The van der Waals surface area contributed by atoms with Crippen LogP contribution in [0.5, 0.6) is 5.75 Å². The first-order chi connectivity index (χ1) is 9.31. The molecule has 0 aromatic heterocycles. The molecule has 0 bridgehead atoms. The molecule has 0 saturated heterocycles. The van der Waals surface area contributed by atoms with E-state index in [4.69, 9.17) is 0 Å². The molecule has 2 aromatic rings. The van der Waals surface area contributed by atoms with E-state index >= 15 is 0 Å². The molecule has 19 heavy (non-hydrogen) atoms. The largest absolute Gasteiger partial charge is 0.508 e. The average molecular weight is 253 g/mol. The normalized spacial score (nSPS) is 14.5. The minimum Gasteiger partial charge on any atom is -0.508 e. The van der Waals surface area contributed by atoms with Crippen molar-refractivity contribution in [3.63, 3.8) is 0 Å². The van der Waals surface area contributed by atoms with E-state index in [-0.39, 0.29) is 0 Å². The van der Waals surface area contributed by atoms with Gasteiger partial charge in [-0.3, -0.25) is 0 Å². The average Bonchev–Trinajstić information content (AvgIpc) is 2.83. The van der Waals surface area contributed by atoms with Gasteiger partial charge in [-0.25, -0.2) is 0 Å². The Morgan fingerprint density at radius 2 is 1.58 bits per heavy atom. The third-order valence-electron chi connectivity index (χ3n) is 3.83. The Hall–Kier alpha value is -1.80. The van der Waals surface area contributed by atoms with Crippen LogP contribution >= 0.6 is 0 Å². The van der Waals surface area contributed by atoms with Crippen LogP contribution in [0.2, 0.25) is 0 Å². The standard InChI is InChI=1S/C17H19NO/c19-17-7-5-13(6-8-17)9-10-18-16-11-14-3-1-2-4-15(14)12-16/h1-8,16,18-19H,9-12H2. The zero-order valence-corrected chi connectivity index (χ0v) is 11.0. The van der Waals surface area contributed by atoms with Crippen molar-refractivity contribution in [3.05, 3.63) is 65.2 Å². The number of rotatable bonds is 4. The highest BCUT2D eigenvalue weighted by Gasteiger charge is 2.19. The zero-order chi connectivity index (χ0) is 13.1. The van der Waals surface area contributed by atoms with Gasteiger partial charge in [0.05, 0.1) is 0 Å². The fourth-order valence-corrected chi connectivity index (χ4v) is 2.79. The Labute approximate surface area is 114 Å². The van der Waals surface area contributed by atoms with Gasteiger partial charge in [-0.05, 0) is 54.6 Å². The van der Waals surface area contributed by atoms with Crippen LogP contribution < -0.4 is 5.32 Å². The van der Waals surface area contributed by atoms with Gasteiger partial charge in [0.25, 0.3) is 0 Å². The molecule has 0 unspecified atom stereocenters. The molecule has 0 aliphatic heterocycles. The van der Waals surface area contributed by atoms with Gasteiger partial charge in [-0.15, -0.1) is 0 Å². The van der Waals surface area contributed by atoms with Crippen molar-refractivity contribution in [1.82, 2.24) is 5.32 Å². The van der Waals surface area contributed by atoms with Crippen molar-refractivity contribution in [3.8, 4) is 5.75 Å². The number of fused-ring (bicyclic) bond motifs is 1. The summed E-state index contributed by atoms with van der Waals surface area (Å²) < 4.78 is 0. The lowest BCUT2D eigenvalue weighted by molar-refractivity contribution is 0.475. The molecule has 1 aliphatic rings. The van der Waals surface area contributed by atoms with Crippen LogP contribution in [0.3, 0.4) is 0 Å². The molecule has 0 atom stereocenters. The molecule has 0 spiro atoms. The van der Waals surface area contributed by atoms with E-state index in [2.05, 4.69) is 29.6 Å². The number of nitrogens with one attached hydrogen (secondary N) is 1. The second-order valence-electron chi connectivity index (χ2n) is 5.24. The van der Waals surface area contributed by atoms with E-state index in [9.17, 15) is 5.11 Å². The third kappa shape index (κ3) is 2.96. The molecule has 0 radical (unpaired) electrons. The van der Waals surface area contributed by atoms with E-state index in [1.54, 1.807) is 12.1 Å². The molecular weight excluding hydrogens is 234 g/mol. The smallest absolute Gasteiger partial charge is 0.115 e. The molecule has 98 valence electrons. The summed E-state index contributed by atoms with van der Waals surface area (Å²) in [5.41, 5.74) is 4.25. The Morgan fingerprint density at radius 1 is 0.947 bits per heavy atom. The molecular formula is C17H19NO. The van der Waals surface area contributed by atoms with E-state index in [0.29, 0.717) is 11.8 Å². The molecule has 3 rings (SSSR count). The van der Waals surface area contributed by atoms with Gasteiger partial charge in [0.15, 0.2) is 0 Å². The van der Waals surface area contributed by atoms with Crippen LogP contribution in [0, 0.1) is 0 Å². The highest BCUT2D eigenvalue weighted by molar-refractivity contribution is 5.33. The molecule has 2 heteroatoms. The number of phenols is 1. The SMILES string of the molecule is Oc1ccc(CCNC2Cc3ccccc3C2)cc1. The minimum absolute atomic E-state index is 0.336. The lowest BCUT2D eigenvalue weighted by Crippen LogP contribution is -2.31. The van der Waals surface area contributed by atoms with Crippen LogP contribution in [-0.2, 0) is 19.3 Å². The highest BCUT2D eigenvalue weighted by Crippen LogP contribution is 2.21. The van der Waals surface area contributed by atoms with Crippen LogP contribution in [0.1, 0.15) is 16.7 Å². The van der Waals surface area contributed by atoms with Crippen molar-refractivity contribution in [2.45, 2.75) is 25.3 Å².